The van der Waals surface area contributed by atoms with Gasteiger partial charge in [-0.15, -0.1) is 0 Å². The number of hydrogen-bond acceptors (Lipinski definition) is 3. The van der Waals surface area contributed by atoms with Gasteiger partial charge in [-0.25, -0.2) is 13.1 Å². The van der Waals surface area contributed by atoms with Gasteiger partial charge in [0.25, 0.3) is 0 Å². The Labute approximate surface area is 114 Å². The number of halogens is 2. The molecule has 1 aromatic rings. The average molecular weight is 297 g/mol. The SMILES string of the molecule is CC.Cc1cccc(S(=O)(=O)NC(C)C=O)c1.FF.[HH]. The zero-order valence-corrected chi connectivity index (χ0v) is 12.2. The highest BCUT2D eigenvalue weighted by atomic mass is 32.2. The van der Waals surface area contributed by atoms with E-state index < -0.39 is 16.1 Å². The van der Waals surface area contributed by atoms with Crippen LogP contribution in [0.25, 0.3) is 0 Å². The normalized spacial score (nSPS) is 11.3. The van der Waals surface area contributed by atoms with E-state index in [1.165, 1.54) is 13.0 Å². The highest BCUT2D eigenvalue weighted by molar-refractivity contribution is 7.89. The number of rotatable bonds is 4. The van der Waals surface area contributed by atoms with Gasteiger partial charge in [-0.2, -0.15) is 0 Å². The first-order valence-electron chi connectivity index (χ1n) is 5.64. The summed E-state index contributed by atoms with van der Waals surface area (Å²) in [4.78, 5) is 10.5. The first-order valence-corrected chi connectivity index (χ1v) is 7.12. The molecule has 0 saturated carbocycles. The van der Waals surface area contributed by atoms with E-state index in [0.717, 1.165) is 5.56 Å². The third-order valence-electron chi connectivity index (χ3n) is 1.85. The van der Waals surface area contributed by atoms with Gasteiger partial charge in [0.15, 0.2) is 0 Å². The summed E-state index contributed by atoms with van der Waals surface area (Å²) in [5, 5.41) is 0. The molecule has 0 aliphatic rings. The minimum atomic E-state index is -3.58. The van der Waals surface area contributed by atoms with Crippen molar-refractivity contribution in [2.75, 3.05) is 0 Å². The van der Waals surface area contributed by atoms with E-state index >= 15 is 0 Å². The maximum Gasteiger partial charge on any atom is 0.241 e. The Balaban J connectivity index is -0.000000529. The largest absolute Gasteiger partial charge is 0.302 e. The van der Waals surface area contributed by atoms with Crippen molar-refractivity contribution in [1.82, 2.24) is 4.72 Å². The second-order valence-corrected chi connectivity index (χ2v) is 5.08. The fraction of sp³-hybridized carbons (Fsp3) is 0.417. The van der Waals surface area contributed by atoms with Crippen LogP contribution in [0.4, 0.5) is 9.15 Å². The lowest BCUT2D eigenvalue weighted by Crippen LogP contribution is -2.33. The van der Waals surface area contributed by atoms with Crippen LogP contribution in [-0.2, 0) is 14.8 Å². The molecule has 1 unspecified atom stereocenters. The lowest BCUT2D eigenvalue weighted by molar-refractivity contribution is -0.108. The van der Waals surface area contributed by atoms with E-state index in [-0.39, 0.29) is 6.32 Å². The Morgan fingerprint density at radius 3 is 2.26 bits per heavy atom. The fourth-order valence-electron chi connectivity index (χ4n) is 1.12. The molecule has 1 N–H and O–H groups in total. The van der Waals surface area contributed by atoms with Crippen molar-refractivity contribution in [2.45, 2.75) is 38.6 Å². The van der Waals surface area contributed by atoms with Crippen LogP contribution in [-0.4, -0.2) is 20.7 Å². The summed E-state index contributed by atoms with van der Waals surface area (Å²) in [5.41, 5.74) is 0.858. The van der Waals surface area contributed by atoms with Gasteiger partial charge in [-0.3, -0.25) is 0 Å². The Morgan fingerprint density at radius 1 is 1.32 bits per heavy atom. The second kappa shape index (κ2) is 10.6. The van der Waals surface area contributed by atoms with Gasteiger partial charge in [-0.05, 0) is 31.5 Å². The lowest BCUT2D eigenvalue weighted by atomic mass is 10.2. The molecule has 1 rings (SSSR count). The van der Waals surface area contributed by atoms with Gasteiger partial charge in [-0.1, -0.05) is 26.0 Å². The monoisotopic (exact) mass is 297 g/mol. The van der Waals surface area contributed by atoms with E-state index in [1.807, 2.05) is 26.8 Å². The van der Waals surface area contributed by atoms with E-state index in [2.05, 4.69) is 4.72 Å². The smallest absolute Gasteiger partial charge is 0.241 e. The van der Waals surface area contributed by atoms with Crippen LogP contribution in [0.2, 0.25) is 0 Å². The average Bonchev–Trinajstić information content (AvgIpc) is 2.42. The van der Waals surface area contributed by atoms with Crippen LogP contribution in [0.3, 0.4) is 0 Å². The molecular formula is C12H21F2NO3S. The van der Waals surface area contributed by atoms with Crippen LogP contribution < -0.4 is 4.72 Å². The highest BCUT2D eigenvalue weighted by Gasteiger charge is 2.16. The molecule has 0 radical (unpaired) electrons. The van der Waals surface area contributed by atoms with Crippen molar-refractivity contribution in [3.8, 4) is 0 Å². The van der Waals surface area contributed by atoms with E-state index in [9.17, 15) is 13.2 Å². The number of aryl methyl sites for hydroxylation is 1. The summed E-state index contributed by atoms with van der Waals surface area (Å²) < 4.78 is 41.6. The molecule has 0 saturated heterocycles. The van der Waals surface area contributed by atoms with Crippen molar-refractivity contribution in [2.24, 2.45) is 0 Å². The van der Waals surface area contributed by atoms with Gasteiger partial charge >= 0.3 is 0 Å². The van der Waals surface area contributed by atoms with Crippen LogP contribution in [0.5, 0.6) is 0 Å². The Bertz CT molecular complexity index is 470. The number of hydrogen-bond donors (Lipinski definition) is 1. The van der Waals surface area contributed by atoms with Gasteiger partial charge in [0.2, 0.25) is 10.0 Å². The molecule has 0 heterocycles. The Hall–Kier alpha value is -1.34. The molecule has 0 aliphatic heterocycles. The number of nitrogens with one attached hydrogen (secondary N) is 1. The first-order chi connectivity index (χ1) is 8.95. The summed E-state index contributed by atoms with van der Waals surface area (Å²) in [5.74, 6) is 0. The van der Waals surface area contributed by atoms with E-state index in [1.54, 1.807) is 12.1 Å². The maximum atomic E-state index is 11.7. The molecule has 0 amide bonds. The second-order valence-electron chi connectivity index (χ2n) is 3.36. The lowest BCUT2D eigenvalue weighted by Gasteiger charge is -2.08. The summed E-state index contributed by atoms with van der Waals surface area (Å²) >= 11 is 0. The van der Waals surface area contributed by atoms with Crippen molar-refractivity contribution in [3.63, 3.8) is 0 Å². The molecule has 4 nitrogen and oxygen atoms in total. The number of carbonyl (C=O) groups excluding carboxylic acids is 1. The standard InChI is InChI=1S/C10H13NO3S.C2H6.F2.H2/c1-8-4-3-5-10(6-8)15(13,14)11-9(2)7-12;2*1-2;/h3-7,9,11H,1-2H3;1-2H3;;1H. The quantitative estimate of drug-likeness (QED) is 0.869. The molecular weight excluding hydrogens is 276 g/mol. The molecule has 1 aromatic carbocycles. The molecule has 0 aromatic heterocycles. The molecule has 19 heavy (non-hydrogen) atoms. The number of aldehydes is 1. The van der Waals surface area contributed by atoms with Crippen LogP contribution >= 0.6 is 0 Å². The Morgan fingerprint density at radius 2 is 1.84 bits per heavy atom. The number of sulfonamides is 1. The maximum absolute atomic E-state index is 11.7. The zero-order valence-electron chi connectivity index (χ0n) is 11.4. The van der Waals surface area contributed by atoms with E-state index in [0.29, 0.717) is 6.29 Å². The predicted octanol–water partition coefficient (Wildman–Crippen LogP) is 2.97. The minimum absolute atomic E-state index is 0. The Kier molecular flexibility index (Phi) is 11.1. The number of carbonyl (C=O) groups is 1. The van der Waals surface area contributed by atoms with Gasteiger partial charge in [0, 0.05) is 10.6 Å². The van der Waals surface area contributed by atoms with Crippen LogP contribution in [0.15, 0.2) is 29.2 Å². The third kappa shape index (κ3) is 7.63. The third-order valence-corrected chi connectivity index (χ3v) is 3.40. The predicted molar refractivity (Wildman–Crippen MR) is 72.7 cm³/mol. The zero-order chi connectivity index (χ0) is 15.5. The summed E-state index contributed by atoms with van der Waals surface area (Å²) in [6.45, 7) is 7.29. The van der Waals surface area contributed by atoms with Crippen molar-refractivity contribution < 1.29 is 23.8 Å². The molecule has 112 valence electrons. The summed E-state index contributed by atoms with van der Waals surface area (Å²) in [6, 6.07) is 5.81. The van der Waals surface area contributed by atoms with Crippen molar-refractivity contribution >= 4 is 16.3 Å². The molecule has 7 heteroatoms. The summed E-state index contributed by atoms with van der Waals surface area (Å²) in [6.07, 6.45) is 0.549. The fourth-order valence-corrected chi connectivity index (χ4v) is 2.40. The molecule has 0 aliphatic carbocycles. The topological polar surface area (TPSA) is 63.2 Å². The van der Waals surface area contributed by atoms with E-state index in [4.69, 9.17) is 9.15 Å². The van der Waals surface area contributed by atoms with Crippen molar-refractivity contribution in [1.29, 1.82) is 0 Å². The van der Waals surface area contributed by atoms with Gasteiger partial charge in [0.05, 0.1) is 10.9 Å². The number of benzene rings is 1. The molecule has 0 bridgehead atoms. The van der Waals surface area contributed by atoms with Crippen molar-refractivity contribution in [3.05, 3.63) is 29.8 Å². The molecule has 1 atom stereocenters. The van der Waals surface area contributed by atoms with Gasteiger partial charge in [0.1, 0.15) is 6.29 Å². The van der Waals surface area contributed by atoms with Crippen LogP contribution in [0.1, 0.15) is 27.8 Å². The molecule has 0 spiro atoms. The highest BCUT2D eigenvalue weighted by Crippen LogP contribution is 2.10. The summed E-state index contributed by atoms with van der Waals surface area (Å²) in [7, 11) is -3.58. The molecule has 0 fully saturated rings. The van der Waals surface area contributed by atoms with Gasteiger partial charge < -0.3 is 4.79 Å². The minimum Gasteiger partial charge on any atom is -0.302 e. The van der Waals surface area contributed by atoms with Crippen LogP contribution in [0, 0.1) is 6.92 Å². The first kappa shape index (κ1) is 20.0.